The Morgan fingerprint density at radius 3 is 2.96 bits per heavy atom. The van der Waals surface area contributed by atoms with E-state index in [1.807, 2.05) is 19.1 Å². The third-order valence-corrected chi connectivity index (χ3v) is 4.58. The van der Waals surface area contributed by atoms with Crippen LogP contribution in [-0.2, 0) is 4.79 Å². The average Bonchev–Trinajstić information content (AvgIpc) is 2.89. The third-order valence-electron chi connectivity index (χ3n) is 3.67. The number of anilines is 1. The molecule has 0 aliphatic rings. The summed E-state index contributed by atoms with van der Waals surface area (Å²) in [5.74, 6) is -0.605. The van der Waals surface area contributed by atoms with E-state index in [0.29, 0.717) is 15.9 Å². The minimum absolute atomic E-state index is 0.0303. The van der Waals surface area contributed by atoms with Crippen LogP contribution in [0.5, 0.6) is 5.88 Å². The summed E-state index contributed by atoms with van der Waals surface area (Å²) < 4.78 is 0.833. The van der Waals surface area contributed by atoms with E-state index in [4.69, 9.17) is 11.6 Å². The molecule has 1 aromatic heterocycles. The monoisotopic (exact) mass is 420 g/mol. The van der Waals surface area contributed by atoms with Crippen molar-refractivity contribution in [2.75, 3.05) is 11.9 Å². The van der Waals surface area contributed by atoms with E-state index in [1.165, 1.54) is 0 Å². The van der Waals surface area contributed by atoms with E-state index in [0.717, 1.165) is 15.7 Å². The van der Waals surface area contributed by atoms with Crippen molar-refractivity contribution < 1.29 is 9.90 Å². The molecule has 8 heteroatoms. The van der Waals surface area contributed by atoms with Crippen LogP contribution in [0.4, 0.5) is 11.4 Å². The number of carbonyl (C=O) groups excluding carboxylic acids is 1. The van der Waals surface area contributed by atoms with E-state index >= 15 is 0 Å². The molecule has 6 nitrogen and oxygen atoms in total. The Bertz CT molecular complexity index is 984. The first-order chi connectivity index (χ1) is 12.0. The van der Waals surface area contributed by atoms with E-state index in [-0.39, 0.29) is 18.1 Å². The summed E-state index contributed by atoms with van der Waals surface area (Å²) in [7, 11) is 0. The lowest BCUT2D eigenvalue weighted by atomic mass is 10.2. The van der Waals surface area contributed by atoms with Crippen LogP contribution in [0.15, 0.2) is 51.1 Å². The Hall–Kier alpha value is -2.38. The summed E-state index contributed by atoms with van der Waals surface area (Å²) in [6.07, 6.45) is 0. The smallest absolute Gasteiger partial charge is 0.283 e. The van der Waals surface area contributed by atoms with Crippen molar-refractivity contribution in [3.8, 4) is 5.88 Å². The van der Waals surface area contributed by atoms with Crippen LogP contribution >= 0.6 is 27.5 Å². The first-order valence-electron chi connectivity index (χ1n) is 7.39. The zero-order valence-electron chi connectivity index (χ0n) is 13.2. The van der Waals surface area contributed by atoms with Gasteiger partial charge in [0, 0.05) is 20.6 Å². The Morgan fingerprint density at radius 2 is 2.16 bits per heavy atom. The molecule has 1 heterocycles. The van der Waals surface area contributed by atoms with Gasteiger partial charge in [-0.3, -0.25) is 4.79 Å². The summed E-state index contributed by atoms with van der Waals surface area (Å²) in [5, 5.41) is 21.8. The number of H-pyrrole nitrogens is 1. The lowest BCUT2D eigenvalue weighted by molar-refractivity contribution is -0.116. The molecule has 3 rings (SSSR count). The van der Waals surface area contributed by atoms with Crippen molar-refractivity contribution in [1.29, 1.82) is 0 Å². The lowest BCUT2D eigenvalue weighted by Crippen LogP contribution is -2.11. The summed E-state index contributed by atoms with van der Waals surface area (Å²) >= 11 is 9.41. The molecule has 0 aliphatic heterocycles. The van der Waals surface area contributed by atoms with E-state index in [1.54, 1.807) is 24.3 Å². The van der Waals surface area contributed by atoms with E-state index in [9.17, 15) is 9.90 Å². The highest BCUT2D eigenvalue weighted by molar-refractivity contribution is 9.10. The zero-order chi connectivity index (χ0) is 18.0. The number of aromatic amines is 1. The standard InChI is InChI=1S/C17H14BrClN4O2/c1-9-12(19)3-2-4-13(9)20-8-15(24)22-23-16-11-7-10(18)5-6-14(11)21-17(16)25/h2-7,20-21,25H,8H2,1H3. The topological polar surface area (TPSA) is 89.8 Å². The molecule has 25 heavy (non-hydrogen) atoms. The van der Waals surface area contributed by atoms with Crippen LogP contribution in [-0.4, -0.2) is 22.5 Å². The van der Waals surface area contributed by atoms with Crippen molar-refractivity contribution in [1.82, 2.24) is 4.98 Å². The number of azo groups is 1. The van der Waals surface area contributed by atoms with Gasteiger partial charge in [0.15, 0.2) is 5.69 Å². The molecule has 0 fully saturated rings. The second kappa shape index (κ2) is 7.25. The Labute approximate surface area is 157 Å². The molecule has 3 aromatic rings. The second-order valence-electron chi connectivity index (χ2n) is 5.37. The van der Waals surface area contributed by atoms with Gasteiger partial charge in [0.25, 0.3) is 5.91 Å². The minimum Gasteiger partial charge on any atom is -0.493 e. The number of halogens is 2. The molecule has 1 amide bonds. The van der Waals surface area contributed by atoms with Crippen molar-refractivity contribution in [2.45, 2.75) is 6.92 Å². The number of nitrogens with zero attached hydrogens (tertiary/aromatic N) is 2. The number of fused-ring (bicyclic) bond motifs is 1. The number of rotatable bonds is 4. The first-order valence-corrected chi connectivity index (χ1v) is 8.56. The molecule has 0 aliphatic carbocycles. The van der Waals surface area contributed by atoms with Crippen molar-refractivity contribution in [2.24, 2.45) is 10.2 Å². The number of nitrogens with one attached hydrogen (secondary N) is 2. The van der Waals surface area contributed by atoms with Crippen molar-refractivity contribution in [3.63, 3.8) is 0 Å². The molecular weight excluding hydrogens is 408 g/mol. The van der Waals surface area contributed by atoms with Gasteiger partial charge in [-0.15, -0.1) is 10.2 Å². The minimum atomic E-state index is -0.469. The van der Waals surface area contributed by atoms with Crippen LogP contribution in [0.3, 0.4) is 0 Å². The predicted molar refractivity (Wildman–Crippen MR) is 102 cm³/mol. The van der Waals surface area contributed by atoms with Crippen LogP contribution in [0.25, 0.3) is 10.9 Å². The van der Waals surface area contributed by atoms with Gasteiger partial charge in [0.1, 0.15) is 0 Å². The van der Waals surface area contributed by atoms with Crippen LogP contribution in [0.2, 0.25) is 5.02 Å². The number of amides is 1. The van der Waals surface area contributed by atoms with E-state index < -0.39 is 5.91 Å². The van der Waals surface area contributed by atoms with Crippen LogP contribution in [0, 0.1) is 6.92 Å². The quantitative estimate of drug-likeness (QED) is 0.498. The van der Waals surface area contributed by atoms with Crippen molar-refractivity contribution >= 4 is 55.7 Å². The number of hydrogen-bond donors (Lipinski definition) is 3. The molecule has 0 saturated heterocycles. The summed E-state index contributed by atoms with van der Waals surface area (Å²) in [4.78, 5) is 14.8. The maximum Gasteiger partial charge on any atom is 0.283 e. The Morgan fingerprint density at radius 1 is 1.36 bits per heavy atom. The summed E-state index contributed by atoms with van der Waals surface area (Å²) in [6.45, 7) is 1.83. The van der Waals surface area contributed by atoms with Gasteiger partial charge < -0.3 is 15.4 Å². The predicted octanol–water partition coefficient (Wildman–Crippen LogP) is 5.32. The SMILES string of the molecule is Cc1c(Cl)cccc1NCC(=O)N=Nc1c(O)[nH]c2ccc(Br)cc12. The summed E-state index contributed by atoms with van der Waals surface area (Å²) in [6, 6.07) is 10.8. The lowest BCUT2D eigenvalue weighted by Gasteiger charge is -2.08. The average molecular weight is 422 g/mol. The molecule has 0 saturated carbocycles. The molecule has 0 spiro atoms. The molecule has 0 radical (unpaired) electrons. The maximum atomic E-state index is 12.0. The van der Waals surface area contributed by atoms with Gasteiger partial charge in [-0.1, -0.05) is 33.6 Å². The maximum absolute atomic E-state index is 12.0. The van der Waals surface area contributed by atoms with Crippen LogP contribution < -0.4 is 5.32 Å². The van der Waals surface area contributed by atoms with Crippen LogP contribution in [0.1, 0.15) is 5.56 Å². The molecule has 128 valence electrons. The van der Waals surface area contributed by atoms with Gasteiger partial charge in [0.2, 0.25) is 5.88 Å². The number of aromatic hydroxyl groups is 1. The number of carbonyl (C=O) groups is 1. The highest BCUT2D eigenvalue weighted by Gasteiger charge is 2.11. The number of hydrogen-bond acceptors (Lipinski definition) is 4. The highest BCUT2D eigenvalue weighted by atomic mass is 79.9. The fraction of sp³-hybridized carbons (Fsp3) is 0.118. The van der Waals surface area contributed by atoms with Gasteiger partial charge in [-0.05, 0) is 42.8 Å². The summed E-state index contributed by atoms with van der Waals surface area (Å²) in [5.41, 5.74) is 2.54. The fourth-order valence-electron chi connectivity index (χ4n) is 2.35. The molecular formula is C17H14BrClN4O2. The Kier molecular flexibility index (Phi) is 5.06. The normalized spacial score (nSPS) is 11.3. The molecule has 2 aromatic carbocycles. The first kappa shape index (κ1) is 17.4. The molecule has 3 N–H and O–H groups in total. The fourth-order valence-corrected chi connectivity index (χ4v) is 2.88. The molecule has 0 unspecified atom stereocenters. The van der Waals surface area contributed by atoms with E-state index in [2.05, 4.69) is 36.5 Å². The largest absolute Gasteiger partial charge is 0.493 e. The number of benzene rings is 2. The number of aromatic nitrogens is 1. The second-order valence-corrected chi connectivity index (χ2v) is 6.69. The molecule has 0 bridgehead atoms. The third kappa shape index (κ3) is 3.83. The highest BCUT2D eigenvalue weighted by Crippen LogP contribution is 2.36. The van der Waals surface area contributed by atoms with Gasteiger partial charge in [-0.2, -0.15) is 0 Å². The van der Waals surface area contributed by atoms with Gasteiger partial charge in [-0.25, -0.2) is 0 Å². The Balaban J connectivity index is 1.74. The zero-order valence-corrected chi connectivity index (χ0v) is 15.5. The van der Waals surface area contributed by atoms with Gasteiger partial charge >= 0.3 is 0 Å². The molecule has 0 atom stereocenters. The van der Waals surface area contributed by atoms with Crippen molar-refractivity contribution in [3.05, 3.63) is 51.5 Å². The van der Waals surface area contributed by atoms with Gasteiger partial charge in [0.05, 0.1) is 12.1 Å².